The molecule has 1 aromatic heterocycles. The highest BCUT2D eigenvalue weighted by Gasteiger charge is 2.22. The standard InChI is InChI=1S/C25H32N2O6/c1-6-7-14-26-22-16-20(27(30)31)11-12-21(22)23(24(25(26)29)33-19(5)28)32-15-13-18(4)10-8-9-17(2)3/h9,11-13,16H,6-8,10,14-15H2,1-5H3/b18-13+. The second-order valence-corrected chi connectivity index (χ2v) is 8.20. The molecule has 8 nitrogen and oxygen atoms in total. The number of aromatic nitrogens is 1. The van der Waals surface area contributed by atoms with Crippen molar-refractivity contribution < 1.29 is 19.2 Å². The Morgan fingerprint density at radius 2 is 1.88 bits per heavy atom. The number of fused-ring (bicyclic) bond motifs is 1. The van der Waals surface area contributed by atoms with Crippen LogP contribution in [0.25, 0.3) is 10.9 Å². The molecule has 33 heavy (non-hydrogen) atoms. The summed E-state index contributed by atoms with van der Waals surface area (Å²) in [5.74, 6) is -0.731. The number of hydrogen-bond acceptors (Lipinski definition) is 6. The molecule has 0 bridgehead atoms. The molecule has 0 radical (unpaired) electrons. The number of nitrogens with zero attached hydrogens (tertiary/aromatic N) is 2. The molecule has 1 heterocycles. The van der Waals surface area contributed by atoms with Gasteiger partial charge in [0.25, 0.3) is 11.2 Å². The molecule has 0 aliphatic rings. The van der Waals surface area contributed by atoms with Crippen LogP contribution in [0, 0.1) is 10.1 Å². The van der Waals surface area contributed by atoms with Crippen LogP contribution >= 0.6 is 0 Å². The fraction of sp³-hybridized carbons (Fsp3) is 0.440. The SMILES string of the molecule is CCCCn1c(=O)c(OC(C)=O)c(OC/C=C(\C)CCC=C(C)C)c2ccc([N+](=O)[O-])cc21. The largest absolute Gasteiger partial charge is 0.485 e. The van der Waals surface area contributed by atoms with E-state index in [-0.39, 0.29) is 23.8 Å². The van der Waals surface area contributed by atoms with Gasteiger partial charge in [-0.2, -0.15) is 0 Å². The van der Waals surface area contributed by atoms with E-state index in [0.29, 0.717) is 23.9 Å². The average molecular weight is 457 g/mol. The maximum absolute atomic E-state index is 13.2. The third-order valence-corrected chi connectivity index (χ3v) is 5.10. The van der Waals surface area contributed by atoms with Gasteiger partial charge < -0.3 is 14.0 Å². The molecule has 0 N–H and O–H groups in total. The van der Waals surface area contributed by atoms with Crippen LogP contribution in [0.5, 0.6) is 11.5 Å². The molecule has 8 heteroatoms. The van der Waals surface area contributed by atoms with Gasteiger partial charge in [-0.3, -0.25) is 19.7 Å². The normalized spacial score (nSPS) is 11.4. The van der Waals surface area contributed by atoms with Crippen LogP contribution < -0.4 is 15.0 Å². The number of rotatable bonds is 11. The monoisotopic (exact) mass is 456 g/mol. The van der Waals surface area contributed by atoms with Crippen molar-refractivity contribution >= 4 is 22.6 Å². The number of nitro benzene ring substituents is 1. The van der Waals surface area contributed by atoms with Crippen LogP contribution in [-0.4, -0.2) is 22.1 Å². The topological polar surface area (TPSA) is 101 Å². The number of ether oxygens (including phenoxy) is 2. The predicted octanol–water partition coefficient (Wildman–Crippen LogP) is 5.71. The van der Waals surface area contributed by atoms with Gasteiger partial charge in [-0.15, -0.1) is 0 Å². The van der Waals surface area contributed by atoms with Crippen LogP contribution in [0.15, 0.2) is 46.3 Å². The van der Waals surface area contributed by atoms with Crippen LogP contribution in [0.4, 0.5) is 5.69 Å². The van der Waals surface area contributed by atoms with Crippen molar-refractivity contribution in [3.8, 4) is 11.5 Å². The van der Waals surface area contributed by atoms with Crippen LogP contribution in [0.3, 0.4) is 0 Å². The number of non-ortho nitro benzene ring substituents is 1. The summed E-state index contributed by atoms with van der Waals surface area (Å²) < 4.78 is 12.6. The van der Waals surface area contributed by atoms with E-state index < -0.39 is 16.5 Å². The molecule has 0 amide bonds. The highest BCUT2D eigenvalue weighted by atomic mass is 16.6. The van der Waals surface area contributed by atoms with Gasteiger partial charge in [-0.05, 0) is 52.2 Å². The minimum atomic E-state index is -0.645. The number of esters is 1. The molecule has 0 saturated heterocycles. The number of nitro groups is 1. The number of pyridine rings is 1. The van der Waals surface area contributed by atoms with Crippen molar-refractivity contribution in [1.82, 2.24) is 4.57 Å². The lowest BCUT2D eigenvalue weighted by Crippen LogP contribution is -2.25. The minimum Gasteiger partial charge on any atom is -0.485 e. The van der Waals surface area contributed by atoms with E-state index in [1.807, 2.05) is 19.9 Å². The van der Waals surface area contributed by atoms with Gasteiger partial charge in [-0.1, -0.05) is 30.6 Å². The number of carbonyl (C=O) groups excluding carboxylic acids is 1. The Morgan fingerprint density at radius 3 is 2.48 bits per heavy atom. The quantitative estimate of drug-likeness (QED) is 0.186. The van der Waals surface area contributed by atoms with Crippen molar-refractivity contribution in [3.63, 3.8) is 0 Å². The molecule has 0 saturated carbocycles. The number of benzene rings is 1. The van der Waals surface area contributed by atoms with E-state index in [9.17, 15) is 19.7 Å². The molecule has 1 aromatic carbocycles. The molecule has 0 unspecified atom stereocenters. The predicted molar refractivity (Wildman–Crippen MR) is 129 cm³/mol. The Morgan fingerprint density at radius 1 is 1.15 bits per heavy atom. The lowest BCUT2D eigenvalue weighted by molar-refractivity contribution is -0.384. The summed E-state index contributed by atoms with van der Waals surface area (Å²) in [6.07, 6.45) is 7.37. The molecule has 0 aliphatic carbocycles. The number of unbranched alkanes of at least 4 members (excludes halogenated alkanes) is 1. The maximum atomic E-state index is 13.2. The molecule has 178 valence electrons. The van der Waals surface area contributed by atoms with Crippen LogP contribution in [0.1, 0.15) is 60.3 Å². The molecule has 2 aromatic rings. The van der Waals surface area contributed by atoms with Gasteiger partial charge in [0.05, 0.1) is 10.4 Å². The van der Waals surface area contributed by atoms with Gasteiger partial charge in [0.15, 0.2) is 5.75 Å². The summed E-state index contributed by atoms with van der Waals surface area (Å²) in [5, 5.41) is 11.8. The Labute approximate surface area is 193 Å². The third-order valence-electron chi connectivity index (χ3n) is 5.10. The lowest BCUT2D eigenvalue weighted by Gasteiger charge is -2.17. The Kier molecular flexibility index (Phi) is 9.39. The van der Waals surface area contributed by atoms with Crippen molar-refractivity contribution in [1.29, 1.82) is 0 Å². The van der Waals surface area contributed by atoms with Gasteiger partial charge in [0.2, 0.25) is 5.75 Å². The van der Waals surface area contributed by atoms with E-state index in [4.69, 9.17) is 9.47 Å². The summed E-state index contributed by atoms with van der Waals surface area (Å²) in [5.41, 5.74) is 2.07. The molecule has 0 fully saturated rings. The van der Waals surface area contributed by atoms with E-state index in [1.165, 1.54) is 35.3 Å². The second-order valence-electron chi connectivity index (χ2n) is 8.20. The second kappa shape index (κ2) is 12.0. The van der Waals surface area contributed by atoms with E-state index in [0.717, 1.165) is 24.8 Å². The van der Waals surface area contributed by atoms with Gasteiger partial charge in [-0.25, -0.2) is 0 Å². The Bertz CT molecular complexity index is 1140. The number of allylic oxidation sites excluding steroid dienone is 3. The molecule has 2 rings (SSSR count). The molecule has 0 aliphatic heterocycles. The summed E-state index contributed by atoms with van der Waals surface area (Å²) in [4.78, 5) is 35.8. The van der Waals surface area contributed by atoms with Crippen molar-refractivity contribution in [2.45, 2.75) is 66.8 Å². The molecule has 0 atom stereocenters. The Balaban J connectivity index is 2.56. The van der Waals surface area contributed by atoms with Gasteiger partial charge >= 0.3 is 5.97 Å². The first-order chi connectivity index (χ1) is 15.6. The molecular formula is C25H32N2O6. The van der Waals surface area contributed by atoms with Gasteiger partial charge in [0.1, 0.15) is 6.61 Å². The van der Waals surface area contributed by atoms with Gasteiger partial charge in [0, 0.05) is 31.0 Å². The summed E-state index contributed by atoms with van der Waals surface area (Å²) >= 11 is 0. The van der Waals surface area contributed by atoms with Crippen LogP contribution in [0.2, 0.25) is 0 Å². The first-order valence-electron chi connectivity index (χ1n) is 11.1. The summed E-state index contributed by atoms with van der Waals surface area (Å²) in [6, 6.07) is 4.24. The van der Waals surface area contributed by atoms with E-state index in [1.54, 1.807) is 0 Å². The molecule has 0 spiro atoms. The first-order valence-corrected chi connectivity index (χ1v) is 11.1. The minimum absolute atomic E-state index is 0.112. The first kappa shape index (κ1) is 25.8. The lowest BCUT2D eigenvalue weighted by atomic mass is 10.1. The maximum Gasteiger partial charge on any atom is 0.308 e. The summed E-state index contributed by atoms with van der Waals surface area (Å²) in [6.45, 7) is 9.80. The third kappa shape index (κ3) is 7.03. The fourth-order valence-electron chi connectivity index (χ4n) is 3.37. The summed E-state index contributed by atoms with van der Waals surface area (Å²) in [7, 11) is 0. The molecular weight excluding hydrogens is 424 g/mol. The zero-order valence-electron chi connectivity index (χ0n) is 20.0. The fourth-order valence-corrected chi connectivity index (χ4v) is 3.37. The highest BCUT2D eigenvalue weighted by molar-refractivity contribution is 5.90. The smallest absolute Gasteiger partial charge is 0.308 e. The van der Waals surface area contributed by atoms with E-state index in [2.05, 4.69) is 19.9 Å². The van der Waals surface area contributed by atoms with Crippen molar-refractivity contribution in [2.75, 3.05) is 6.61 Å². The van der Waals surface area contributed by atoms with Crippen molar-refractivity contribution in [3.05, 3.63) is 62.0 Å². The number of aryl methyl sites for hydroxylation is 1. The highest BCUT2D eigenvalue weighted by Crippen LogP contribution is 2.35. The average Bonchev–Trinajstić information content (AvgIpc) is 2.74. The Hall–Kier alpha value is -3.42. The number of carbonyl (C=O) groups is 1. The zero-order valence-corrected chi connectivity index (χ0v) is 20.0. The zero-order chi connectivity index (χ0) is 24.5. The van der Waals surface area contributed by atoms with Crippen molar-refractivity contribution in [2.24, 2.45) is 0 Å². The van der Waals surface area contributed by atoms with E-state index >= 15 is 0 Å². The van der Waals surface area contributed by atoms with Crippen LogP contribution in [-0.2, 0) is 11.3 Å². The number of hydrogen-bond donors (Lipinski definition) is 0.